The van der Waals surface area contributed by atoms with Crippen molar-refractivity contribution in [3.63, 3.8) is 0 Å². The van der Waals surface area contributed by atoms with Crippen molar-refractivity contribution in [1.82, 2.24) is 9.80 Å². The highest BCUT2D eigenvalue weighted by Gasteiger charge is 2.42. The molecule has 0 unspecified atom stereocenters. The molecule has 0 bridgehead atoms. The zero-order chi connectivity index (χ0) is 30.9. The van der Waals surface area contributed by atoms with E-state index >= 15 is 0 Å². The molecule has 234 valence electrons. The van der Waals surface area contributed by atoms with Crippen LogP contribution in [-0.2, 0) is 15.6 Å². The molecule has 2 saturated heterocycles. The van der Waals surface area contributed by atoms with Crippen molar-refractivity contribution < 1.29 is 14.0 Å². The highest BCUT2D eigenvalue weighted by Crippen LogP contribution is 2.41. The monoisotopic (exact) mass is 660 g/mol. The normalized spacial score (nSPS) is 23.6. The minimum atomic E-state index is -1.79. The third kappa shape index (κ3) is 7.49. The van der Waals surface area contributed by atoms with Gasteiger partial charge in [-0.3, -0.25) is 9.59 Å². The Kier molecular flexibility index (Phi) is 10.3. The number of hydrogen-bond acceptors (Lipinski definition) is 4. The van der Waals surface area contributed by atoms with E-state index in [0.717, 1.165) is 79.9 Å². The lowest BCUT2D eigenvalue weighted by molar-refractivity contribution is -0.133. The van der Waals surface area contributed by atoms with Crippen molar-refractivity contribution >= 4 is 55.1 Å². The fraction of sp³-hybridized carbons (Fsp3) is 0.588. The Hall–Kier alpha value is -1.51. The Balaban J connectivity index is 1.18. The van der Waals surface area contributed by atoms with Crippen LogP contribution in [0.3, 0.4) is 0 Å². The lowest BCUT2D eigenvalue weighted by Gasteiger charge is -2.42. The molecule has 43 heavy (non-hydrogen) atoms. The Labute approximate surface area is 273 Å². The molecule has 1 saturated carbocycles. The van der Waals surface area contributed by atoms with E-state index in [1.165, 1.54) is 0 Å². The maximum atomic E-state index is 13.5. The maximum absolute atomic E-state index is 13.5. The summed E-state index contributed by atoms with van der Waals surface area (Å²) in [6, 6.07) is 11.8. The molecule has 9 heteroatoms. The lowest BCUT2D eigenvalue weighted by Crippen LogP contribution is -2.47. The van der Waals surface area contributed by atoms with Crippen LogP contribution in [0.1, 0.15) is 68.8 Å². The fourth-order valence-corrected chi connectivity index (χ4v) is 9.32. The summed E-state index contributed by atoms with van der Waals surface area (Å²) in [5.74, 6) is 2.20. The summed E-state index contributed by atoms with van der Waals surface area (Å²) in [6.45, 7) is 13.9. The summed E-state index contributed by atoms with van der Waals surface area (Å²) in [5.41, 5.74) is 3.40. The van der Waals surface area contributed by atoms with E-state index in [-0.39, 0.29) is 22.8 Å². The first-order chi connectivity index (χ1) is 20.3. The summed E-state index contributed by atoms with van der Waals surface area (Å²) in [5, 5.41) is 1.38. The molecule has 3 aliphatic rings. The van der Waals surface area contributed by atoms with Crippen LogP contribution in [0.25, 0.3) is 11.1 Å². The van der Waals surface area contributed by atoms with Gasteiger partial charge in [0.1, 0.15) is 0 Å². The molecule has 3 fully saturated rings. The summed E-state index contributed by atoms with van der Waals surface area (Å²) in [7, 11) is -1.79. The molecule has 1 aliphatic carbocycles. The van der Waals surface area contributed by atoms with Gasteiger partial charge in [-0.15, -0.1) is 0 Å². The molecule has 0 radical (unpaired) electrons. The van der Waals surface area contributed by atoms with Gasteiger partial charge in [-0.05, 0) is 97.6 Å². The van der Waals surface area contributed by atoms with Crippen molar-refractivity contribution in [2.45, 2.75) is 89.6 Å². The van der Waals surface area contributed by atoms with E-state index in [2.05, 4.69) is 38.8 Å². The molecule has 5 nitrogen and oxygen atoms in total. The summed E-state index contributed by atoms with van der Waals surface area (Å²) in [6.07, 6.45) is 5.77. The van der Waals surface area contributed by atoms with Crippen molar-refractivity contribution in [2.24, 2.45) is 5.92 Å². The van der Waals surface area contributed by atoms with Gasteiger partial charge in [0.2, 0.25) is 5.91 Å². The van der Waals surface area contributed by atoms with E-state index in [1.807, 2.05) is 53.1 Å². The number of halogens is 2. The van der Waals surface area contributed by atoms with Crippen molar-refractivity contribution in [3.8, 4) is 11.1 Å². The Bertz CT molecular complexity index is 1290. The average Bonchev–Trinajstić information content (AvgIpc) is 3.34. The van der Waals surface area contributed by atoms with Gasteiger partial charge in [-0.25, -0.2) is 0 Å². The van der Waals surface area contributed by atoms with Gasteiger partial charge in [0.15, 0.2) is 8.32 Å². The molecule has 5 rings (SSSR count). The number of nitrogens with zero attached hydrogens (tertiary/aromatic N) is 2. The maximum Gasteiger partial charge on any atom is 0.253 e. The highest BCUT2D eigenvalue weighted by atomic mass is 35.5. The van der Waals surface area contributed by atoms with E-state index in [9.17, 15) is 9.59 Å². The fourth-order valence-electron chi connectivity index (χ4n) is 6.35. The summed E-state index contributed by atoms with van der Waals surface area (Å²) < 4.78 is 6.68. The van der Waals surface area contributed by atoms with Gasteiger partial charge in [0.05, 0.1) is 0 Å². The number of likely N-dealkylation sites (tertiary alicyclic amines) is 1. The first kappa shape index (κ1) is 32.9. The largest absolute Gasteiger partial charge is 0.414 e. The predicted molar refractivity (Wildman–Crippen MR) is 183 cm³/mol. The molecular weight excluding hydrogens is 615 g/mol. The van der Waals surface area contributed by atoms with Crippen LogP contribution in [0.4, 0.5) is 0 Å². The topological polar surface area (TPSA) is 49.9 Å². The van der Waals surface area contributed by atoms with E-state index in [4.69, 9.17) is 27.6 Å². The van der Waals surface area contributed by atoms with Gasteiger partial charge in [0.25, 0.3) is 5.91 Å². The smallest absolute Gasteiger partial charge is 0.253 e. The molecule has 2 aromatic carbocycles. The van der Waals surface area contributed by atoms with Crippen LogP contribution in [0.2, 0.25) is 28.2 Å². The molecule has 1 atom stereocenters. The van der Waals surface area contributed by atoms with Crippen LogP contribution in [0.15, 0.2) is 36.4 Å². The SMILES string of the molecule is CC(C)(C)[Si](C)(C)OC1CCC(N2CC[C@@H](Cc3c(Cl)cc(-c4ccc(C(=O)N5CCSCC5)cc4)cc3Cl)C2=O)CC1. The number of carbonyl (C=O) groups is 2. The quantitative estimate of drug-likeness (QED) is 0.279. The van der Waals surface area contributed by atoms with Gasteiger partial charge in [-0.1, -0.05) is 56.1 Å². The number of amides is 2. The van der Waals surface area contributed by atoms with E-state index < -0.39 is 8.32 Å². The third-order valence-corrected chi connectivity index (χ3v) is 16.2. The third-order valence-electron chi connectivity index (χ3n) is 10.1. The van der Waals surface area contributed by atoms with Crippen LogP contribution < -0.4 is 0 Å². The second-order valence-electron chi connectivity index (χ2n) is 13.9. The minimum absolute atomic E-state index is 0.0843. The number of hydrogen-bond donors (Lipinski definition) is 0. The van der Waals surface area contributed by atoms with Crippen molar-refractivity contribution in [1.29, 1.82) is 0 Å². The van der Waals surface area contributed by atoms with Crippen molar-refractivity contribution in [3.05, 3.63) is 57.6 Å². The van der Waals surface area contributed by atoms with Crippen LogP contribution in [0.5, 0.6) is 0 Å². The number of thioether (sulfide) groups is 1. The van der Waals surface area contributed by atoms with Crippen LogP contribution in [0, 0.1) is 5.92 Å². The molecule has 0 spiro atoms. The predicted octanol–water partition coefficient (Wildman–Crippen LogP) is 8.57. The van der Waals surface area contributed by atoms with Gasteiger partial charge >= 0.3 is 0 Å². The number of rotatable bonds is 7. The number of benzene rings is 2. The van der Waals surface area contributed by atoms with Gasteiger partial charge in [-0.2, -0.15) is 11.8 Å². The minimum Gasteiger partial charge on any atom is -0.414 e. The van der Waals surface area contributed by atoms with Crippen molar-refractivity contribution in [2.75, 3.05) is 31.1 Å². The Morgan fingerprint density at radius 1 is 0.930 bits per heavy atom. The van der Waals surface area contributed by atoms with E-state index in [1.54, 1.807) is 0 Å². The van der Waals surface area contributed by atoms with Gasteiger partial charge < -0.3 is 14.2 Å². The Morgan fingerprint density at radius 2 is 1.53 bits per heavy atom. The average molecular weight is 662 g/mol. The number of carbonyl (C=O) groups excluding carboxylic acids is 2. The molecule has 2 amide bonds. The molecular formula is C34H46Cl2N2O3SSi. The Morgan fingerprint density at radius 3 is 2.12 bits per heavy atom. The van der Waals surface area contributed by atoms with Crippen LogP contribution >= 0.6 is 35.0 Å². The standard InChI is InChI=1S/C34H46Cl2N2O3SSi/c1-34(2,3)43(4,5)41-28-12-10-27(11-13-28)38-15-14-25(33(38)40)20-29-30(35)21-26(22-31(29)36)23-6-8-24(9-7-23)32(39)37-16-18-42-19-17-37/h6-9,21-22,25,27-28H,10-20H2,1-5H3/t25-,27?,28?/m0/s1. The molecule has 2 heterocycles. The second-order valence-corrected chi connectivity index (χ2v) is 20.7. The van der Waals surface area contributed by atoms with Crippen LogP contribution in [-0.4, -0.2) is 73.2 Å². The second kappa shape index (κ2) is 13.5. The zero-order valence-corrected chi connectivity index (χ0v) is 29.6. The molecule has 2 aliphatic heterocycles. The summed E-state index contributed by atoms with van der Waals surface area (Å²) in [4.78, 5) is 30.4. The highest BCUT2D eigenvalue weighted by molar-refractivity contribution is 7.99. The summed E-state index contributed by atoms with van der Waals surface area (Å²) >= 11 is 15.5. The molecule has 2 aromatic rings. The lowest BCUT2D eigenvalue weighted by atomic mass is 9.92. The van der Waals surface area contributed by atoms with Gasteiger partial charge in [0, 0.05) is 64.8 Å². The molecule has 0 aromatic heterocycles. The molecule has 0 N–H and O–H groups in total. The first-order valence-corrected chi connectivity index (χ1v) is 20.6. The van der Waals surface area contributed by atoms with E-state index in [0.29, 0.717) is 34.2 Å². The zero-order valence-electron chi connectivity index (χ0n) is 26.3. The first-order valence-electron chi connectivity index (χ1n) is 15.8.